The molecule has 1 radical (unpaired) electrons. The van der Waals surface area contributed by atoms with E-state index in [-0.39, 0.29) is 22.4 Å². The Hall–Kier alpha value is 0.481. The van der Waals surface area contributed by atoms with Gasteiger partial charge in [-0.25, -0.2) is 0 Å². The molecule has 0 spiro atoms. The zero-order valence-electron chi connectivity index (χ0n) is 3.01. The van der Waals surface area contributed by atoms with Gasteiger partial charge in [0.25, 0.3) is 5.09 Å². The van der Waals surface area contributed by atoms with E-state index in [0.29, 0.717) is 21.0 Å². The van der Waals surface area contributed by atoms with E-state index >= 15 is 0 Å². The van der Waals surface area contributed by atoms with Crippen LogP contribution in [0.15, 0.2) is 0 Å². The van der Waals surface area contributed by atoms with Gasteiger partial charge in [0, 0.05) is 22.4 Å². The molecule has 0 unspecified atom stereocenters. The number of hydrogen-bond donors (Lipinski definition) is 1. The van der Waals surface area contributed by atoms with E-state index in [4.69, 9.17) is 18.6 Å². The van der Waals surface area contributed by atoms with Crippen molar-refractivity contribution < 1.29 is 57.0 Å². The first-order valence-corrected chi connectivity index (χ1v) is 1.65. The molecular formula is HNNb2O4. The molecule has 0 amide bonds. The van der Waals surface area contributed by atoms with Gasteiger partial charge in [0.1, 0.15) is 0 Å². The molecule has 0 aliphatic carbocycles. The van der Waals surface area contributed by atoms with Gasteiger partial charge < -0.3 is 5.21 Å². The van der Waals surface area contributed by atoms with Gasteiger partial charge in [-0.15, -0.1) is 10.1 Å². The van der Waals surface area contributed by atoms with Crippen molar-refractivity contribution in [2.24, 2.45) is 0 Å². The third-order valence-electron chi connectivity index (χ3n) is 0. The molecule has 0 aliphatic heterocycles. The Morgan fingerprint density at radius 2 is 1.57 bits per heavy atom. The molecule has 40 valence electrons. The molecule has 0 saturated heterocycles. The van der Waals surface area contributed by atoms with Gasteiger partial charge in [0.2, 0.25) is 0 Å². The van der Waals surface area contributed by atoms with Gasteiger partial charge in [-0.05, 0) is 0 Å². The number of hydrogen-bond acceptors (Lipinski definition) is 3. The SMILES string of the molecule is O=[N+]([O-])O.[Nb].[O]=[Nb]. The van der Waals surface area contributed by atoms with Crippen molar-refractivity contribution in [3.05, 3.63) is 10.1 Å². The number of nitrogens with zero attached hydrogens (tertiary/aromatic N) is 1. The molecule has 7 heavy (non-hydrogen) atoms. The summed E-state index contributed by atoms with van der Waals surface area (Å²) in [6.07, 6.45) is 0. The Kier molecular flexibility index (Phi) is 35.9. The van der Waals surface area contributed by atoms with Crippen LogP contribution in [0.25, 0.3) is 0 Å². The maximum absolute atomic E-state index is 8.36. The van der Waals surface area contributed by atoms with Crippen LogP contribution in [0.5, 0.6) is 0 Å². The molecule has 0 aliphatic rings. The van der Waals surface area contributed by atoms with Crippen LogP contribution in [0.3, 0.4) is 0 Å². The molecule has 0 rings (SSSR count). The fraction of sp³-hybridized carbons (Fsp3) is 0. The van der Waals surface area contributed by atoms with Crippen molar-refractivity contribution >= 4 is 0 Å². The van der Waals surface area contributed by atoms with E-state index in [2.05, 4.69) is 0 Å². The third kappa shape index (κ3) is 563. The second kappa shape index (κ2) is 16.1. The van der Waals surface area contributed by atoms with E-state index < -0.39 is 5.09 Å². The van der Waals surface area contributed by atoms with Crippen molar-refractivity contribution in [3.8, 4) is 0 Å². The summed E-state index contributed by atoms with van der Waals surface area (Å²) in [6.45, 7) is 0. The molecule has 5 nitrogen and oxygen atoms in total. The van der Waals surface area contributed by atoms with E-state index in [1.807, 2.05) is 0 Å². The van der Waals surface area contributed by atoms with Crippen molar-refractivity contribution in [1.82, 2.24) is 0 Å². The first kappa shape index (κ1) is 15.6. The zero-order valence-corrected chi connectivity index (χ0v) is 7.41. The van der Waals surface area contributed by atoms with E-state index in [1.54, 1.807) is 0 Å². The molecular weight excluding hydrogens is 264 g/mol. The van der Waals surface area contributed by atoms with Crippen LogP contribution in [0, 0.1) is 10.1 Å². The average Bonchev–Trinajstić information content (AvgIpc) is 1.41. The Morgan fingerprint density at radius 3 is 1.57 bits per heavy atom. The molecule has 0 saturated carbocycles. The zero-order chi connectivity index (χ0) is 5.58. The summed E-state index contributed by atoms with van der Waals surface area (Å²) >= 11 is 0.500. The first-order chi connectivity index (χ1) is 2.73. The van der Waals surface area contributed by atoms with Gasteiger partial charge in [-0.2, -0.15) is 0 Å². The van der Waals surface area contributed by atoms with Crippen LogP contribution in [0.2, 0.25) is 0 Å². The molecule has 7 heteroatoms. The van der Waals surface area contributed by atoms with Gasteiger partial charge in [0.15, 0.2) is 0 Å². The molecule has 0 aromatic heterocycles. The van der Waals surface area contributed by atoms with Gasteiger partial charge in [0.05, 0.1) is 0 Å². The van der Waals surface area contributed by atoms with Crippen molar-refractivity contribution in [1.29, 1.82) is 0 Å². The molecule has 0 aromatic carbocycles. The monoisotopic (exact) mass is 265 g/mol. The predicted octanol–water partition coefficient (Wildman–Crippen LogP) is -0.471. The topological polar surface area (TPSA) is 80.4 Å². The normalized spacial score (nSPS) is 3.86. The van der Waals surface area contributed by atoms with Crippen molar-refractivity contribution in [2.45, 2.75) is 0 Å². The van der Waals surface area contributed by atoms with Gasteiger partial charge in [-0.1, -0.05) is 0 Å². The fourth-order valence-corrected chi connectivity index (χ4v) is 0. The fourth-order valence-electron chi connectivity index (χ4n) is 0. The summed E-state index contributed by atoms with van der Waals surface area (Å²) < 4.78 is 8.30. The Bertz CT molecular complexity index is 41.0. The van der Waals surface area contributed by atoms with Crippen LogP contribution in [0.4, 0.5) is 0 Å². The number of rotatable bonds is 0. The second-order valence-corrected chi connectivity index (χ2v) is 0.238. The van der Waals surface area contributed by atoms with E-state index in [9.17, 15) is 0 Å². The summed E-state index contributed by atoms with van der Waals surface area (Å²) in [7, 11) is 0. The molecule has 0 heterocycles. The molecule has 0 bridgehead atoms. The maximum atomic E-state index is 8.36. The van der Waals surface area contributed by atoms with Gasteiger partial charge >= 0.3 is 24.3 Å². The summed E-state index contributed by atoms with van der Waals surface area (Å²) in [4.78, 5) is 8.36. The minimum absolute atomic E-state index is 0. The summed E-state index contributed by atoms with van der Waals surface area (Å²) in [5.74, 6) is 0. The Morgan fingerprint density at radius 1 is 1.57 bits per heavy atom. The van der Waals surface area contributed by atoms with Crippen molar-refractivity contribution in [2.75, 3.05) is 0 Å². The summed E-state index contributed by atoms with van der Waals surface area (Å²) in [5.41, 5.74) is 0. The molecule has 0 aromatic rings. The minimum atomic E-state index is -1.50. The van der Waals surface area contributed by atoms with Crippen LogP contribution in [-0.4, -0.2) is 10.3 Å². The molecule has 0 atom stereocenters. The van der Waals surface area contributed by atoms with Crippen LogP contribution >= 0.6 is 0 Å². The van der Waals surface area contributed by atoms with E-state index in [1.165, 1.54) is 0 Å². The summed E-state index contributed by atoms with van der Waals surface area (Å²) in [6, 6.07) is 0. The van der Waals surface area contributed by atoms with Crippen LogP contribution in [-0.2, 0) is 46.7 Å². The Labute approximate surface area is 67.0 Å². The average molecular weight is 265 g/mol. The molecule has 1 N–H and O–H groups in total. The predicted molar refractivity (Wildman–Crippen MR) is 9.47 cm³/mol. The summed E-state index contributed by atoms with van der Waals surface area (Å²) in [5, 5.41) is 13.6. The van der Waals surface area contributed by atoms with Crippen molar-refractivity contribution in [3.63, 3.8) is 0 Å². The Balaban J connectivity index is -0.0000000480. The third-order valence-corrected chi connectivity index (χ3v) is 0. The van der Waals surface area contributed by atoms with E-state index in [0.717, 1.165) is 0 Å². The first-order valence-electron chi connectivity index (χ1n) is 0.748. The second-order valence-electron chi connectivity index (χ2n) is 0.238. The van der Waals surface area contributed by atoms with Gasteiger partial charge in [-0.3, -0.25) is 0 Å². The molecule has 0 fully saturated rings. The standard InChI is InChI=1S/HNO3.2Nb.O/c2-1(3)4;;;/h(H,2,3,4);;;. The quantitative estimate of drug-likeness (QED) is 0.364. The van der Waals surface area contributed by atoms with Crippen LogP contribution < -0.4 is 0 Å². The van der Waals surface area contributed by atoms with Crippen LogP contribution in [0.1, 0.15) is 0 Å².